The second-order valence-electron chi connectivity index (χ2n) is 7.14. The number of benzene rings is 2. The van der Waals surface area contributed by atoms with Gasteiger partial charge in [0.15, 0.2) is 13.1 Å². The molecule has 0 spiro atoms. The van der Waals surface area contributed by atoms with Gasteiger partial charge < -0.3 is 15.1 Å². The summed E-state index contributed by atoms with van der Waals surface area (Å²) in [6.45, 7) is 5.23. The minimum atomic E-state index is -0.0954. The zero-order chi connectivity index (χ0) is 19.8. The molecule has 0 fully saturated rings. The summed E-state index contributed by atoms with van der Waals surface area (Å²) in [4.78, 5) is 27.2. The van der Waals surface area contributed by atoms with Crippen LogP contribution in [0, 0.1) is 6.92 Å². The summed E-state index contributed by atoms with van der Waals surface area (Å²) in [5.41, 5.74) is 4.32. The van der Waals surface area contributed by atoms with Crippen LogP contribution in [-0.2, 0) is 22.6 Å². The summed E-state index contributed by atoms with van der Waals surface area (Å²) in [5, 5.41) is 2.87. The van der Waals surface area contributed by atoms with Gasteiger partial charge in [-0.3, -0.25) is 9.59 Å². The maximum Gasteiger partial charge on any atom is 0.279 e. The molecule has 2 aromatic rings. The molecule has 27 heavy (non-hydrogen) atoms. The Morgan fingerprint density at radius 1 is 0.963 bits per heavy atom. The number of nitrogens with zero attached hydrogens (tertiary/aromatic N) is 1. The second kappa shape index (κ2) is 9.88. The van der Waals surface area contributed by atoms with Crippen LogP contribution in [0.3, 0.4) is 0 Å². The molecule has 0 aliphatic heterocycles. The van der Waals surface area contributed by atoms with Gasteiger partial charge in [0.2, 0.25) is 0 Å². The molecule has 5 heteroatoms. The van der Waals surface area contributed by atoms with E-state index in [1.165, 1.54) is 5.56 Å². The van der Waals surface area contributed by atoms with E-state index in [4.69, 9.17) is 0 Å². The van der Waals surface area contributed by atoms with Crippen molar-refractivity contribution in [3.63, 3.8) is 0 Å². The van der Waals surface area contributed by atoms with Crippen molar-refractivity contribution in [1.29, 1.82) is 0 Å². The van der Waals surface area contributed by atoms with Gasteiger partial charge in [-0.2, -0.15) is 0 Å². The average molecular weight is 369 g/mol. The monoisotopic (exact) mass is 368 g/mol. The van der Waals surface area contributed by atoms with E-state index in [1.807, 2.05) is 38.2 Å². The number of anilines is 1. The van der Waals surface area contributed by atoms with E-state index in [9.17, 15) is 9.59 Å². The smallest absolute Gasteiger partial charge is 0.279 e. The predicted molar refractivity (Wildman–Crippen MR) is 109 cm³/mol. The van der Waals surface area contributed by atoms with Gasteiger partial charge in [-0.1, -0.05) is 48.9 Å². The topological polar surface area (TPSA) is 53.9 Å². The third-order valence-electron chi connectivity index (χ3n) is 4.53. The normalized spacial score (nSPS) is 11.7. The van der Waals surface area contributed by atoms with Gasteiger partial charge in [0.05, 0.1) is 7.05 Å². The minimum Gasteiger partial charge on any atom is -0.337 e. The van der Waals surface area contributed by atoms with Crippen molar-refractivity contribution in [3.8, 4) is 0 Å². The van der Waals surface area contributed by atoms with E-state index in [0.717, 1.165) is 28.1 Å². The Morgan fingerprint density at radius 3 is 2.15 bits per heavy atom. The first-order chi connectivity index (χ1) is 12.9. The quantitative estimate of drug-likeness (QED) is 0.745. The molecule has 2 amide bonds. The summed E-state index contributed by atoms with van der Waals surface area (Å²) in [6, 6.07) is 16.0. The number of nitrogens with one attached hydrogen (secondary N) is 2. The summed E-state index contributed by atoms with van der Waals surface area (Å²) in [5.74, 6) is -0.0721. The van der Waals surface area contributed by atoms with Crippen LogP contribution >= 0.6 is 0 Å². The van der Waals surface area contributed by atoms with Crippen LogP contribution < -0.4 is 10.2 Å². The second-order valence-corrected chi connectivity index (χ2v) is 7.14. The first-order valence-electron chi connectivity index (χ1n) is 9.37. The SMILES string of the molecule is CCc1ccc(CN(C)C(=O)C[NH+](C)CC(=O)Nc2ccc(C)cc2)cc1. The Morgan fingerprint density at radius 2 is 1.56 bits per heavy atom. The van der Waals surface area contributed by atoms with E-state index >= 15 is 0 Å². The molecule has 0 saturated heterocycles. The van der Waals surface area contributed by atoms with Crippen LogP contribution in [0.1, 0.15) is 23.6 Å². The van der Waals surface area contributed by atoms with Crippen LogP contribution in [0.25, 0.3) is 0 Å². The first-order valence-corrected chi connectivity index (χ1v) is 9.37. The number of hydrogen-bond donors (Lipinski definition) is 2. The fourth-order valence-corrected chi connectivity index (χ4v) is 2.81. The molecular weight excluding hydrogens is 338 g/mol. The van der Waals surface area contributed by atoms with Gasteiger partial charge >= 0.3 is 0 Å². The highest BCUT2D eigenvalue weighted by atomic mass is 16.2. The van der Waals surface area contributed by atoms with Crippen LogP contribution in [-0.4, -0.2) is 43.9 Å². The van der Waals surface area contributed by atoms with Crippen molar-refractivity contribution >= 4 is 17.5 Å². The molecule has 0 aliphatic rings. The Balaban J connectivity index is 1.79. The van der Waals surface area contributed by atoms with Crippen molar-refractivity contribution < 1.29 is 14.5 Å². The maximum absolute atomic E-state index is 12.4. The van der Waals surface area contributed by atoms with E-state index < -0.39 is 0 Å². The van der Waals surface area contributed by atoms with E-state index in [-0.39, 0.29) is 24.9 Å². The fraction of sp³-hybridized carbons (Fsp3) is 0.364. The predicted octanol–water partition coefficient (Wildman–Crippen LogP) is 1.67. The molecule has 1 unspecified atom stereocenters. The molecule has 0 aromatic heterocycles. The van der Waals surface area contributed by atoms with Gasteiger partial charge in [-0.25, -0.2) is 0 Å². The van der Waals surface area contributed by atoms with Gasteiger partial charge in [0, 0.05) is 19.3 Å². The first kappa shape index (κ1) is 20.6. The number of hydrogen-bond acceptors (Lipinski definition) is 2. The van der Waals surface area contributed by atoms with E-state index in [0.29, 0.717) is 6.54 Å². The van der Waals surface area contributed by atoms with Crippen molar-refractivity contribution in [2.75, 3.05) is 32.5 Å². The molecule has 0 aliphatic carbocycles. The largest absolute Gasteiger partial charge is 0.337 e. The molecule has 1 atom stereocenters. The molecule has 0 radical (unpaired) electrons. The molecule has 2 aromatic carbocycles. The number of carbonyl (C=O) groups is 2. The van der Waals surface area contributed by atoms with Gasteiger partial charge in [0.25, 0.3) is 11.8 Å². The minimum absolute atomic E-state index is 0.0233. The number of amides is 2. The molecule has 0 bridgehead atoms. The number of likely N-dealkylation sites (N-methyl/N-ethyl adjacent to an activating group) is 2. The van der Waals surface area contributed by atoms with Gasteiger partial charge in [0.1, 0.15) is 0 Å². The van der Waals surface area contributed by atoms with Crippen molar-refractivity contribution in [2.24, 2.45) is 0 Å². The highest BCUT2D eigenvalue weighted by Crippen LogP contribution is 2.08. The number of rotatable bonds is 8. The lowest BCUT2D eigenvalue weighted by Gasteiger charge is -2.20. The summed E-state index contributed by atoms with van der Waals surface area (Å²) < 4.78 is 0. The zero-order valence-electron chi connectivity index (χ0n) is 16.7. The Labute approximate surface area is 162 Å². The molecule has 144 valence electrons. The third-order valence-corrected chi connectivity index (χ3v) is 4.53. The fourth-order valence-electron chi connectivity index (χ4n) is 2.81. The highest BCUT2D eigenvalue weighted by molar-refractivity contribution is 5.91. The summed E-state index contributed by atoms with van der Waals surface area (Å²) in [6.07, 6.45) is 1.01. The van der Waals surface area contributed by atoms with Crippen LogP contribution in [0.4, 0.5) is 5.69 Å². The Kier molecular flexibility index (Phi) is 7.55. The standard InChI is InChI=1S/C22H29N3O2/c1-5-18-8-10-19(11-9-18)14-25(4)22(27)16-24(3)15-21(26)23-20-12-6-17(2)7-13-20/h6-13H,5,14-16H2,1-4H3,(H,23,26)/p+1. The summed E-state index contributed by atoms with van der Waals surface area (Å²) in [7, 11) is 3.66. The lowest BCUT2D eigenvalue weighted by atomic mass is 10.1. The summed E-state index contributed by atoms with van der Waals surface area (Å²) >= 11 is 0. The molecule has 0 heterocycles. The van der Waals surface area contributed by atoms with Crippen LogP contribution in [0.5, 0.6) is 0 Å². The van der Waals surface area contributed by atoms with Crippen LogP contribution in [0.15, 0.2) is 48.5 Å². The number of quaternary nitrogens is 1. The molecule has 5 nitrogen and oxygen atoms in total. The van der Waals surface area contributed by atoms with E-state index in [2.05, 4.69) is 36.5 Å². The van der Waals surface area contributed by atoms with Gasteiger partial charge in [-0.05, 0) is 36.6 Å². The van der Waals surface area contributed by atoms with Gasteiger partial charge in [-0.15, -0.1) is 0 Å². The Bertz CT molecular complexity index is 754. The lowest BCUT2D eigenvalue weighted by Crippen LogP contribution is -3.11. The highest BCUT2D eigenvalue weighted by Gasteiger charge is 2.17. The zero-order valence-corrected chi connectivity index (χ0v) is 16.7. The Hall–Kier alpha value is -2.66. The average Bonchev–Trinajstić information content (AvgIpc) is 2.64. The third kappa shape index (κ3) is 6.87. The van der Waals surface area contributed by atoms with Crippen molar-refractivity contribution in [3.05, 3.63) is 65.2 Å². The lowest BCUT2D eigenvalue weighted by molar-refractivity contribution is -0.862. The molecular formula is C22H30N3O2+. The van der Waals surface area contributed by atoms with Crippen LogP contribution in [0.2, 0.25) is 0 Å². The maximum atomic E-state index is 12.4. The van der Waals surface area contributed by atoms with Crippen molar-refractivity contribution in [2.45, 2.75) is 26.8 Å². The number of carbonyl (C=O) groups excluding carboxylic acids is 2. The van der Waals surface area contributed by atoms with Crippen molar-refractivity contribution in [1.82, 2.24) is 4.90 Å². The molecule has 0 saturated carbocycles. The number of aryl methyl sites for hydroxylation is 2. The molecule has 2 rings (SSSR count). The van der Waals surface area contributed by atoms with E-state index in [1.54, 1.807) is 11.9 Å². The molecule has 2 N–H and O–H groups in total.